The van der Waals surface area contributed by atoms with Gasteiger partial charge in [-0.05, 0) is 37.8 Å². The first-order valence-electron chi connectivity index (χ1n) is 7.81. The molecule has 0 radical (unpaired) electrons. The molecular weight excluding hydrogens is 260 g/mol. The molecule has 0 spiro atoms. The summed E-state index contributed by atoms with van der Waals surface area (Å²) in [7, 11) is 0. The number of nitrogens with one attached hydrogen (secondary N) is 1. The second-order valence-corrected chi connectivity index (χ2v) is 5.42. The fourth-order valence-corrected chi connectivity index (χ4v) is 2.75. The molecule has 3 heteroatoms. The zero-order valence-corrected chi connectivity index (χ0v) is 13.4. The highest BCUT2D eigenvalue weighted by atomic mass is 16.1. The maximum Gasteiger partial charge on any atom is 0.252 e. The summed E-state index contributed by atoms with van der Waals surface area (Å²) in [6.07, 6.45) is 2.73. The summed E-state index contributed by atoms with van der Waals surface area (Å²) in [6, 6.07) is 8.11. The molecule has 21 heavy (non-hydrogen) atoms. The Bertz CT molecular complexity index is 645. The molecule has 0 atom stereocenters. The Morgan fingerprint density at radius 3 is 2.48 bits per heavy atom. The van der Waals surface area contributed by atoms with Crippen molar-refractivity contribution in [1.29, 1.82) is 0 Å². The molecule has 112 valence electrons. The number of aromatic nitrogens is 1. The van der Waals surface area contributed by atoms with Crippen molar-refractivity contribution < 1.29 is 4.79 Å². The van der Waals surface area contributed by atoms with Crippen LogP contribution in [0.1, 0.15) is 55.2 Å². The summed E-state index contributed by atoms with van der Waals surface area (Å²) >= 11 is 0. The van der Waals surface area contributed by atoms with Crippen molar-refractivity contribution in [3.8, 4) is 0 Å². The van der Waals surface area contributed by atoms with Gasteiger partial charge in [0.05, 0.1) is 11.1 Å². The number of rotatable bonds is 5. The molecular formula is C18H24N2O. The van der Waals surface area contributed by atoms with Gasteiger partial charge >= 0.3 is 0 Å². The molecule has 1 aromatic heterocycles. The molecule has 0 aliphatic carbocycles. The number of hydrogen-bond donors (Lipinski definition) is 1. The largest absolute Gasteiger partial charge is 0.349 e. The fraction of sp³-hybridized carbons (Fsp3) is 0.444. The van der Waals surface area contributed by atoms with Crippen molar-refractivity contribution in [2.75, 3.05) is 0 Å². The number of hydrogen-bond acceptors (Lipinski definition) is 2. The SMILES string of the molecule is CCc1nc2ccccc2c(C(=O)NC(CC)CC)c1C. The highest BCUT2D eigenvalue weighted by Crippen LogP contribution is 2.23. The first-order valence-corrected chi connectivity index (χ1v) is 7.81. The van der Waals surface area contributed by atoms with Gasteiger partial charge in [0.1, 0.15) is 0 Å². The van der Waals surface area contributed by atoms with E-state index in [0.29, 0.717) is 0 Å². The molecule has 0 saturated carbocycles. The molecule has 0 saturated heterocycles. The quantitative estimate of drug-likeness (QED) is 0.901. The lowest BCUT2D eigenvalue weighted by Gasteiger charge is -2.18. The molecule has 2 aromatic rings. The van der Waals surface area contributed by atoms with Crippen LogP contribution in [-0.4, -0.2) is 16.9 Å². The van der Waals surface area contributed by atoms with Crippen LogP contribution >= 0.6 is 0 Å². The molecule has 1 amide bonds. The Hall–Kier alpha value is -1.90. The Morgan fingerprint density at radius 1 is 1.19 bits per heavy atom. The van der Waals surface area contributed by atoms with E-state index in [4.69, 9.17) is 0 Å². The van der Waals surface area contributed by atoms with Crippen LogP contribution in [0.4, 0.5) is 0 Å². The van der Waals surface area contributed by atoms with Crippen LogP contribution in [-0.2, 0) is 6.42 Å². The van der Waals surface area contributed by atoms with Crippen molar-refractivity contribution >= 4 is 16.8 Å². The average molecular weight is 284 g/mol. The van der Waals surface area contributed by atoms with Crippen LogP contribution in [0.3, 0.4) is 0 Å². The Kier molecular flexibility index (Phi) is 4.94. The monoisotopic (exact) mass is 284 g/mol. The van der Waals surface area contributed by atoms with Crippen LogP contribution in [0, 0.1) is 6.92 Å². The summed E-state index contributed by atoms with van der Waals surface area (Å²) in [5, 5.41) is 4.09. The highest BCUT2D eigenvalue weighted by Gasteiger charge is 2.18. The molecule has 2 rings (SSSR count). The summed E-state index contributed by atoms with van der Waals surface area (Å²) < 4.78 is 0. The maximum absolute atomic E-state index is 12.7. The van der Waals surface area contributed by atoms with E-state index in [2.05, 4.69) is 31.1 Å². The number of nitrogens with zero attached hydrogens (tertiary/aromatic N) is 1. The van der Waals surface area contributed by atoms with Crippen LogP contribution in [0.2, 0.25) is 0 Å². The third-order valence-electron chi connectivity index (χ3n) is 4.12. The molecule has 1 heterocycles. The number of amides is 1. The predicted molar refractivity (Wildman–Crippen MR) is 87.7 cm³/mol. The van der Waals surface area contributed by atoms with Gasteiger partial charge in [0.15, 0.2) is 0 Å². The zero-order valence-electron chi connectivity index (χ0n) is 13.4. The minimum atomic E-state index is 0.0227. The van der Waals surface area contributed by atoms with Gasteiger partial charge in [0.2, 0.25) is 0 Å². The van der Waals surface area contributed by atoms with E-state index in [1.165, 1.54) is 0 Å². The van der Waals surface area contributed by atoms with Crippen molar-refractivity contribution in [2.45, 2.75) is 53.0 Å². The second kappa shape index (κ2) is 6.70. The zero-order chi connectivity index (χ0) is 15.4. The summed E-state index contributed by atoms with van der Waals surface area (Å²) in [6.45, 7) is 8.28. The van der Waals surface area contributed by atoms with Gasteiger partial charge in [0, 0.05) is 17.1 Å². The summed E-state index contributed by atoms with van der Waals surface area (Å²) in [5.41, 5.74) is 3.68. The highest BCUT2D eigenvalue weighted by molar-refractivity contribution is 6.07. The molecule has 0 aliphatic heterocycles. The number of aryl methyl sites for hydroxylation is 1. The second-order valence-electron chi connectivity index (χ2n) is 5.42. The van der Waals surface area contributed by atoms with E-state index in [1.807, 2.05) is 31.2 Å². The number of carbonyl (C=O) groups excluding carboxylic acids is 1. The topological polar surface area (TPSA) is 42.0 Å². The van der Waals surface area contributed by atoms with Crippen molar-refractivity contribution in [3.63, 3.8) is 0 Å². The number of pyridine rings is 1. The molecule has 0 aliphatic rings. The van der Waals surface area contributed by atoms with Crippen LogP contribution in [0.25, 0.3) is 10.9 Å². The number of carbonyl (C=O) groups is 1. The lowest BCUT2D eigenvalue weighted by Crippen LogP contribution is -2.34. The number of fused-ring (bicyclic) bond motifs is 1. The molecule has 1 aromatic carbocycles. The van der Waals surface area contributed by atoms with Gasteiger partial charge in [-0.3, -0.25) is 9.78 Å². The van der Waals surface area contributed by atoms with Gasteiger partial charge in [-0.25, -0.2) is 0 Å². The van der Waals surface area contributed by atoms with Crippen molar-refractivity contribution in [2.24, 2.45) is 0 Å². The van der Waals surface area contributed by atoms with E-state index in [-0.39, 0.29) is 11.9 Å². The fourth-order valence-electron chi connectivity index (χ4n) is 2.75. The Morgan fingerprint density at radius 2 is 1.86 bits per heavy atom. The Balaban J connectivity index is 2.55. The van der Waals surface area contributed by atoms with Crippen molar-refractivity contribution in [3.05, 3.63) is 41.1 Å². The van der Waals surface area contributed by atoms with Crippen LogP contribution in [0.5, 0.6) is 0 Å². The number of para-hydroxylation sites is 1. The maximum atomic E-state index is 12.7. The predicted octanol–water partition coefficient (Wildman–Crippen LogP) is 4.02. The standard InChI is InChI=1S/C18H24N2O/c1-5-13(6-2)19-18(21)17-12(4)15(7-3)20-16-11-9-8-10-14(16)17/h8-11,13H,5-7H2,1-4H3,(H,19,21). The van der Waals surface area contributed by atoms with E-state index in [0.717, 1.165) is 47.0 Å². The van der Waals surface area contributed by atoms with Crippen LogP contribution in [0.15, 0.2) is 24.3 Å². The molecule has 1 N–H and O–H groups in total. The third-order valence-corrected chi connectivity index (χ3v) is 4.12. The van der Waals surface area contributed by atoms with E-state index in [9.17, 15) is 4.79 Å². The van der Waals surface area contributed by atoms with Gasteiger partial charge in [0.25, 0.3) is 5.91 Å². The molecule has 0 fully saturated rings. The van der Waals surface area contributed by atoms with E-state index in [1.54, 1.807) is 0 Å². The van der Waals surface area contributed by atoms with Gasteiger partial charge in [-0.2, -0.15) is 0 Å². The lowest BCUT2D eigenvalue weighted by molar-refractivity contribution is 0.0935. The van der Waals surface area contributed by atoms with E-state index < -0.39 is 0 Å². The van der Waals surface area contributed by atoms with Crippen molar-refractivity contribution in [1.82, 2.24) is 10.3 Å². The Labute approximate surface area is 126 Å². The summed E-state index contributed by atoms with van der Waals surface area (Å²) in [5.74, 6) is 0.0227. The van der Waals surface area contributed by atoms with Gasteiger partial charge < -0.3 is 5.32 Å². The normalized spacial score (nSPS) is 11.1. The first-order chi connectivity index (χ1) is 10.1. The van der Waals surface area contributed by atoms with E-state index >= 15 is 0 Å². The minimum absolute atomic E-state index is 0.0227. The van der Waals surface area contributed by atoms with Gasteiger partial charge in [-0.1, -0.05) is 39.0 Å². The minimum Gasteiger partial charge on any atom is -0.349 e. The molecule has 0 unspecified atom stereocenters. The number of benzene rings is 1. The van der Waals surface area contributed by atoms with Gasteiger partial charge in [-0.15, -0.1) is 0 Å². The lowest BCUT2D eigenvalue weighted by atomic mass is 9.99. The molecule has 0 bridgehead atoms. The molecule has 3 nitrogen and oxygen atoms in total. The van der Waals surface area contributed by atoms with Crippen LogP contribution < -0.4 is 5.32 Å². The third kappa shape index (κ3) is 3.07. The summed E-state index contributed by atoms with van der Waals surface area (Å²) in [4.78, 5) is 17.4. The average Bonchev–Trinajstić information content (AvgIpc) is 2.51. The smallest absolute Gasteiger partial charge is 0.252 e. The first kappa shape index (κ1) is 15.5.